The Bertz CT molecular complexity index is 2420. The lowest BCUT2D eigenvalue weighted by atomic mass is 9.80. The molecule has 0 N–H and O–H groups in total. The molecule has 2 saturated heterocycles. The number of ether oxygens (including phenoxy) is 7. The van der Waals surface area contributed by atoms with Gasteiger partial charge in [0.05, 0.1) is 76.9 Å². The first-order chi connectivity index (χ1) is 33.7. The molecule has 5 aromatic rings. The number of nitro groups is 1. The van der Waals surface area contributed by atoms with Crippen LogP contribution in [0.3, 0.4) is 0 Å². The van der Waals surface area contributed by atoms with Gasteiger partial charge in [0, 0.05) is 48.0 Å². The second-order valence-electron chi connectivity index (χ2n) is 18.8. The SMILES string of the molecule is COc1ccc(C(OC[C@H]2O[C@@H](c3ccc(C4OCC(C)(C)CO4)c(OCCc4ccc([N+](=O)[O-])cc4)c3)C[C@@H]2OP(OCCC#N)N(C(C)C)C(C)C)(c2ccccc2)c2ccc(OC)cc2)cc1. The summed E-state index contributed by atoms with van der Waals surface area (Å²) in [5, 5.41) is 20.8. The minimum atomic E-state index is -1.66. The summed E-state index contributed by atoms with van der Waals surface area (Å²) >= 11 is 0. The van der Waals surface area contributed by atoms with Gasteiger partial charge in [0.1, 0.15) is 29.0 Å². The Morgan fingerprint density at radius 1 is 0.829 bits per heavy atom. The first kappa shape index (κ1) is 52.4. The number of nitrogens with zero attached hydrogens (tertiary/aromatic N) is 3. The van der Waals surface area contributed by atoms with Gasteiger partial charge in [-0.3, -0.25) is 10.1 Å². The predicted octanol–water partition coefficient (Wildman–Crippen LogP) is 11.8. The number of benzene rings is 5. The largest absolute Gasteiger partial charge is 0.497 e. The molecular weight excluding hydrogens is 910 g/mol. The van der Waals surface area contributed by atoms with E-state index in [1.54, 1.807) is 26.4 Å². The number of non-ortho nitro benzene ring substituents is 1. The van der Waals surface area contributed by atoms with Gasteiger partial charge >= 0.3 is 0 Å². The first-order valence-corrected chi connectivity index (χ1v) is 25.0. The van der Waals surface area contributed by atoms with Crippen molar-refractivity contribution >= 4 is 14.2 Å². The summed E-state index contributed by atoms with van der Waals surface area (Å²) in [5.74, 6) is 2.01. The van der Waals surface area contributed by atoms with Crippen molar-refractivity contribution in [3.05, 3.63) is 165 Å². The van der Waals surface area contributed by atoms with Crippen LogP contribution in [-0.4, -0.2) is 81.1 Å². The smallest absolute Gasteiger partial charge is 0.269 e. The number of nitriles is 1. The summed E-state index contributed by atoms with van der Waals surface area (Å²) in [6.07, 6.45) is -1.05. The molecule has 14 nitrogen and oxygen atoms in total. The lowest BCUT2D eigenvalue weighted by molar-refractivity contribution is -0.384. The molecule has 0 spiro atoms. The van der Waals surface area contributed by atoms with Gasteiger partial charge in [-0.05, 0) is 91.9 Å². The summed E-state index contributed by atoms with van der Waals surface area (Å²) in [4.78, 5) is 10.9. The van der Waals surface area contributed by atoms with Crippen LogP contribution < -0.4 is 14.2 Å². The molecule has 0 bridgehead atoms. The lowest BCUT2D eigenvalue weighted by Gasteiger charge is -2.39. The molecule has 15 heteroatoms. The Hall–Kier alpha value is -5.46. The fourth-order valence-electron chi connectivity index (χ4n) is 8.89. The van der Waals surface area contributed by atoms with Crippen LogP contribution in [0.25, 0.3) is 0 Å². The average Bonchev–Trinajstić information content (AvgIpc) is 3.77. The standard InChI is InChI=1S/C55H66N3O11P/c1-38(2)57(39(3)4)70(67-31-12-30-56)69-51-34-49(41-17-28-48(53-64-36-54(5,6)37-65-53)50(33-41)63-32-29-40-15-22-45(23-16-40)58(59)60)68-52(51)35-66-55(42-13-10-9-11-14-42,43-18-24-46(61-7)25-19-43)44-20-26-47(62-8)27-21-44/h9-11,13-28,33,38-39,49,51-53H,12,29,31-32,34-37H2,1-8H3/t49-,51+,52-,70?/m1/s1. The van der Waals surface area contributed by atoms with Crippen molar-refractivity contribution in [3.8, 4) is 23.3 Å². The van der Waals surface area contributed by atoms with E-state index in [4.69, 9.17) is 42.2 Å². The quantitative estimate of drug-likeness (QED) is 0.0201. The number of hydrogen-bond donors (Lipinski definition) is 0. The molecular formula is C55H66N3O11P. The molecule has 0 aromatic heterocycles. The number of methoxy groups -OCH3 is 2. The van der Waals surface area contributed by atoms with Crippen molar-refractivity contribution in [2.75, 3.05) is 47.3 Å². The maximum absolute atomic E-state index is 11.3. The maximum atomic E-state index is 11.3. The molecule has 0 radical (unpaired) electrons. The predicted molar refractivity (Wildman–Crippen MR) is 268 cm³/mol. The van der Waals surface area contributed by atoms with E-state index in [-0.39, 0.29) is 42.8 Å². The fourth-order valence-corrected chi connectivity index (χ4v) is 10.6. The summed E-state index contributed by atoms with van der Waals surface area (Å²) in [7, 11) is 1.63. The van der Waals surface area contributed by atoms with E-state index in [0.717, 1.165) is 33.4 Å². The summed E-state index contributed by atoms with van der Waals surface area (Å²) in [6.45, 7) is 14.3. The second kappa shape index (κ2) is 24.1. The molecule has 70 heavy (non-hydrogen) atoms. The highest BCUT2D eigenvalue weighted by atomic mass is 31.2. The zero-order chi connectivity index (χ0) is 49.8. The van der Waals surface area contributed by atoms with Crippen molar-refractivity contribution in [2.24, 2.45) is 5.41 Å². The second-order valence-corrected chi connectivity index (χ2v) is 20.2. The summed E-state index contributed by atoms with van der Waals surface area (Å²) in [5.41, 5.74) is 3.95. The highest BCUT2D eigenvalue weighted by Crippen LogP contribution is 2.52. The molecule has 2 aliphatic heterocycles. The fraction of sp³-hybridized carbons (Fsp3) is 0.436. The van der Waals surface area contributed by atoms with Crippen LogP contribution in [0.4, 0.5) is 5.69 Å². The van der Waals surface area contributed by atoms with Crippen LogP contribution in [0.15, 0.2) is 121 Å². The van der Waals surface area contributed by atoms with E-state index < -0.39 is 43.7 Å². The van der Waals surface area contributed by atoms with Gasteiger partial charge in [-0.2, -0.15) is 5.26 Å². The Morgan fingerprint density at radius 3 is 1.99 bits per heavy atom. The molecule has 7 rings (SSSR count). The summed E-state index contributed by atoms with van der Waals surface area (Å²) < 4.78 is 60.8. The Kier molecular flexibility index (Phi) is 18.0. The van der Waals surface area contributed by atoms with Crippen LogP contribution in [0.5, 0.6) is 17.2 Å². The van der Waals surface area contributed by atoms with Crippen molar-refractivity contribution in [3.63, 3.8) is 0 Å². The van der Waals surface area contributed by atoms with Crippen molar-refractivity contribution in [1.82, 2.24) is 4.67 Å². The van der Waals surface area contributed by atoms with Crippen LogP contribution in [0.1, 0.15) is 100 Å². The molecule has 5 aromatic carbocycles. The van der Waals surface area contributed by atoms with E-state index >= 15 is 0 Å². The van der Waals surface area contributed by atoms with E-state index in [1.165, 1.54) is 12.1 Å². The zero-order valence-electron chi connectivity index (χ0n) is 41.4. The van der Waals surface area contributed by atoms with Crippen molar-refractivity contribution in [1.29, 1.82) is 5.26 Å². The highest BCUT2D eigenvalue weighted by molar-refractivity contribution is 7.44. The maximum Gasteiger partial charge on any atom is 0.269 e. The van der Waals surface area contributed by atoms with Crippen molar-refractivity contribution < 1.29 is 47.1 Å². The molecule has 1 unspecified atom stereocenters. The number of nitro benzene ring substituents is 1. The summed E-state index contributed by atoms with van der Waals surface area (Å²) in [6, 6.07) is 40.8. The van der Waals surface area contributed by atoms with E-state index in [1.807, 2.05) is 84.9 Å². The van der Waals surface area contributed by atoms with Crippen LogP contribution >= 0.6 is 8.53 Å². The monoisotopic (exact) mass is 975 g/mol. The van der Waals surface area contributed by atoms with Gasteiger partial charge in [0.25, 0.3) is 14.2 Å². The third-order valence-corrected chi connectivity index (χ3v) is 14.6. The topological polar surface area (TPSA) is 153 Å². The van der Waals surface area contributed by atoms with Gasteiger partial charge < -0.3 is 42.2 Å². The van der Waals surface area contributed by atoms with Gasteiger partial charge in [-0.25, -0.2) is 4.67 Å². The Labute approximate surface area is 413 Å². The average molecular weight is 976 g/mol. The van der Waals surface area contributed by atoms with Crippen LogP contribution in [-0.2, 0) is 40.0 Å². The Balaban J connectivity index is 1.27. The third kappa shape index (κ3) is 12.7. The minimum Gasteiger partial charge on any atom is -0.497 e. The van der Waals surface area contributed by atoms with Gasteiger partial charge in [0.2, 0.25) is 0 Å². The van der Waals surface area contributed by atoms with Gasteiger partial charge in [-0.15, -0.1) is 0 Å². The molecule has 0 amide bonds. The molecule has 372 valence electrons. The van der Waals surface area contributed by atoms with E-state index in [0.29, 0.717) is 49.9 Å². The Morgan fingerprint density at radius 2 is 1.43 bits per heavy atom. The molecule has 2 heterocycles. The van der Waals surface area contributed by atoms with Crippen molar-refractivity contribution in [2.45, 2.75) is 103 Å². The van der Waals surface area contributed by atoms with E-state index in [2.05, 4.69) is 64.4 Å². The molecule has 4 atom stereocenters. The first-order valence-electron chi connectivity index (χ1n) is 23.9. The van der Waals surface area contributed by atoms with Crippen LogP contribution in [0.2, 0.25) is 0 Å². The molecule has 2 fully saturated rings. The van der Waals surface area contributed by atoms with Gasteiger partial charge in [0.15, 0.2) is 6.29 Å². The lowest BCUT2D eigenvalue weighted by Crippen LogP contribution is -2.39. The number of rotatable bonds is 23. The van der Waals surface area contributed by atoms with E-state index in [9.17, 15) is 15.4 Å². The molecule has 2 aliphatic rings. The normalized spacial score (nSPS) is 18.7. The zero-order valence-corrected chi connectivity index (χ0v) is 42.3. The minimum absolute atomic E-state index is 0.0337. The number of hydrogen-bond acceptors (Lipinski definition) is 13. The highest BCUT2D eigenvalue weighted by Gasteiger charge is 2.45. The van der Waals surface area contributed by atoms with Crippen LogP contribution in [0, 0.1) is 26.9 Å². The molecule has 0 aliphatic carbocycles. The molecule has 0 saturated carbocycles. The van der Waals surface area contributed by atoms with Gasteiger partial charge in [-0.1, -0.05) is 86.6 Å². The third-order valence-electron chi connectivity index (χ3n) is 12.4.